The Labute approximate surface area is 163 Å². The standard InChI is InChI=1S/C23H33NO3/c1-17(12-13-20-19(3)11-8-14-23(20,4)5)9-7-10-18(2)15-22(26)27-16-21(25)24-6/h7,9-10,12-13,15H,8,11,14,16H2,1-6H3,(H,24,25)/b10-7?,13-12?,17-9-,18-15?. The van der Waals surface area contributed by atoms with Crippen LogP contribution in [0.4, 0.5) is 0 Å². The molecular weight excluding hydrogens is 338 g/mol. The van der Waals surface area contributed by atoms with Crippen molar-refractivity contribution in [2.45, 2.75) is 53.9 Å². The lowest BCUT2D eigenvalue weighted by atomic mass is 9.72. The summed E-state index contributed by atoms with van der Waals surface area (Å²) < 4.78 is 4.84. The molecule has 1 N–H and O–H groups in total. The molecule has 1 aliphatic carbocycles. The Morgan fingerprint density at radius 3 is 2.52 bits per heavy atom. The third-order valence-corrected chi connectivity index (χ3v) is 4.74. The summed E-state index contributed by atoms with van der Waals surface area (Å²) in [5.41, 5.74) is 5.07. The van der Waals surface area contributed by atoms with Gasteiger partial charge in [-0.25, -0.2) is 4.79 Å². The van der Waals surface area contributed by atoms with Gasteiger partial charge in [-0.05, 0) is 56.6 Å². The number of allylic oxidation sites excluding steroid dienone is 9. The Bertz CT molecular complexity index is 703. The molecule has 1 aliphatic rings. The number of hydrogen-bond donors (Lipinski definition) is 1. The van der Waals surface area contributed by atoms with E-state index in [0.29, 0.717) is 0 Å². The molecule has 0 aromatic rings. The van der Waals surface area contributed by atoms with Crippen LogP contribution in [0.15, 0.2) is 58.7 Å². The fourth-order valence-corrected chi connectivity index (χ4v) is 3.12. The maximum Gasteiger partial charge on any atom is 0.331 e. The van der Waals surface area contributed by atoms with E-state index in [1.165, 1.54) is 43.5 Å². The molecule has 0 spiro atoms. The summed E-state index contributed by atoms with van der Waals surface area (Å²) in [5, 5.41) is 2.40. The van der Waals surface area contributed by atoms with E-state index in [4.69, 9.17) is 4.74 Å². The zero-order chi connectivity index (χ0) is 20.4. The Balaban J connectivity index is 2.66. The van der Waals surface area contributed by atoms with E-state index >= 15 is 0 Å². The van der Waals surface area contributed by atoms with Crippen molar-refractivity contribution in [2.24, 2.45) is 5.41 Å². The normalized spacial score (nSPS) is 18.3. The minimum atomic E-state index is -0.525. The second-order valence-electron chi connectivity index (χ2n) is 7.70. The average molecular weight is 372 g/mol. The number of carbonyl (C=O) groups is 2. The Morgan fingerprint density at radius 2 is 1.89 bits per heavy atom. The summed E-state index contributed by atoms with van der Waals surface area (Å²) in [4.78, 5) is 22.6. The van der Waals surface area contributed by atoms with Gasteiger partial charge in [0, 0.05) is 13.1 Å². The van der Waals surface area contributed by atoms with Crippen LogP contribution in [0.2, 0.25) is 0 Å². The lowest BCUT2D eigenvalue weighted by Crippen LogP contribution is -2.24. The molecule has 0 aromatic carbocycles. The zero-order valence-electron chi connectivity index (χ0n) is 17.5. The third kappa shape index (κ3) is 8.25. The summed E-state index contributed by atoms with van der Waals surface area (Å²) in [6, 6.07) is 0. The van der Waals surface area contributed by atoms with Gasteiger partial charge in [-0.15, -0.1) is 0 Å². The number of amides is 1. The van der Waals surface area contributed by atoms with Crippen molar-refractivity contribution in [1.29, 1.82) is 0 Å². The summed E-state index contributed by atoms with van der Waals surface area (Å²) in [6.07, 6.45) is 15.2. The van der Waals surface area contributed by atoms with Crippen LogP contribution in [-0.4, -0.2) is 25.5 Å². The second-order valence-corrected chi connectivity index (χ2v) is 7.70. The highest BCUT2D eigenvalue weighted by molar-refractivity contribution is 5.86. The van der Waals surface area contributed by atoms with Gasteiger partial charge in [-0.2, -0.15) is 0 Å². The number of likely N-dealkylation sites (N-methyl/N-ethyl adjacent to an activating group) is 1. The van der Waals surface area contributed by atoms with Crippen molar-refractivity contribution in [1.82, 2.24) is 5.32 Å². The van der Waals surface area contributed by atoms with Crippen LogP contribution in [0.5, 0.6) is 0 Å². The first-order valence-electron chi connectivity index (χ1n) is 9.44. The first-order chi connectivity index (χ1) is 12.7. The molecule has 0 aliphatic heterocycles. The number of nitrogens with one attached hydrogen (secondary N) is 1. The third-order valence-electron chi connectivity index (χ3n) is 4.74. The van der Waals surface area contributed by atoms with Crippen LogP contribution in [0.1, 0.15) is 53.9 Å². The minimum absolute atomic E-state index is 0.239. The monoisotopic (exact) mass is 371 g/mol. The van der Waals surface area contributed by atoms with Gasteiger partial charge in [0.1, 0.15) is 0 Å². The molecule has 4 heteroatoms. The maximum atomic E-state index is 11.6. The second kappa shape index (κ2) is 10.7. The Morgan fingerprint density at radius 1 is 1.19 bits per heavy atom. The van der Waals surface area contributed by atoms with Crippen LogP contribution < -0.4 is 5.32 Å². The van der Waals surface area contributed by atoms with Crippen LogP contribution >= 0.6 is 0 Å². The highest BCUT2D eigenvalue weighted by Gasteiger charge is 2.26. The van der Waals surface area contributed by atoms with E-state index in [1.54, 1.807) is 0 Å². The molecule has 0 bridgehead atoms. The summed E-state index contributed by atoms with van der Waals surface area (Å²) >= 11 is 0. The molecule has 4 nitrogen and oxygen atoms in total. The molecule has 0 unspecified atom stereocenters. The van der Waals surface area contributed by atoms with Gasteiger partial charge in [0.25, 0.3) is 5.91 Å². The fourth-order valence-electron chi connectivity index (χ4n) is 3.12. The lowest BCUT2D eigenvalue weighted by molar-refractivity contribution is -0.143. The summed E-state index contributed by atoms with van der Waals surface area (Å²) in [7, 11) is 1.50. The SMILES string of the molecule is CNC(=O)COC(=O)C=C(C)C=C/C=C(/C)C=CC1=C(C)CCCC1(C)C. The van der Waals surface area contributed by atoms with Crippen LogP contribution in [0, 0.1) is 5.41 Å². The molecule has 0 aromatic heterocycles. The predicted octanol–water partition coefficient (Wildman–Crippen LogP) is 4.81. The molecule has 0 saturated carbocycles. The Hall–Kier alpha value is -2.36. The van der Waals surface area contributed by atoms with Crippen molar-refractivity contribution in [3.63, 3.8) is 0 Å². The van der Waals surface area contributed by atoms with Gasteiger partial charge in [-0.3, -0.25) is 4.79 Å². The quantitative estimate of drug-likeness (QED) is 0.397. The summed E-state index contributed by atoms with van der Waals surface area (Å²) in [6.45, 7) is 10.5. The highest BCUT2D eigenvalue weighted by atomic mass is 16.5. The van der Waals surface area contributed by atoms with Gasteiger partial charge < -0.3 is 10.1 Å². The zero-order valence-corrected chi connectivity index (χ0v) is 17.5. The Kier molecular flexibility index (Phi) is 8.99. The van der Waals surface area contributed by atoms with Crippen LogP contribution in [0.3, 0.4) is 0 Å². The van der Waals surface area contributed by atoms with Gasteiger partial charge in [-0.1, -0.05) is 55.4 Å². The topological polar surface area (TPSA) is 55.4 Å². The molecule has 27 heavy (non-hydrogen) atoms. The smallest absolute Gasteiger partial charge is 0.331 e. The molecular formula is C23H33NO3. The lowest BCUT2D eigenvalue weighted by Gasteiger charge is -2.32. The summed E-state index contributed by atoms with van der Waals surface area (Å²) in [5.74, 6) is -0.856. The van der Waals surface area contributed by atoms with Gasteiger partial charge in [0.05, 0.1) is 0 Å². The molecule has 0 atom stereocenters. The molecule has 0 radical (unpaired) electrons. The predicted molar refractivity (Wildman–Crippen MR) is 111 cm³/mol. The van der Waals surface area contributed by atoms with Gasteiger partial charge >= 0.3 is 5.97 Å². The van der Waals surface area contributed by atoms with Crippen LogP contribution in [-0.2, 0) is 14.3 Å². The molecule has 0 fully saturated rings. The van der Waals surface area contributed by atoms with E-state index in [9.17, 15) is 9.59 Å². The van der Waals surface area contributed by atoms with Crippen molar-refractivity contribution in [2.75, 3.05) is 13.7 Å². The molecule has 1 amide bonds. The first kappa shape index (κ1) is 22.7. The van der Waals surface area contributed by atoms with E-state index in [-0.39, 0.29) is 17.9 Å². The van der Waals surface area contributed by atoms with Gasteiger partial charge in [0.2, 0.25) is 0 Å². The van der Waals surface area contributed by atoms with Crippen LogP contribution in [0.25, 0.3) is 0 Å². The van der Waals surface area contributed by atoms with E-state index < -0.39 is 5.97 Å². The number of esters is 1. The van der Waals surface area contributed by atoms with Crippen molar-refractivity contribution < 1.29 is 14.3 Å². The van der Waals surface area contributed by atoms with Crippen molar-refractivity contribution >= 4 is 11.9 Å². The highest BCUT2D eigenvalue weighted by Crippen LogP contribution is 2.40. The number of ether oxygens (including phenoxy) is 1. The fraction of sp³-hybridized carbons (Fsp3) is 0.478. The number of hydrogen-bond acceptors (Lipinski definition) is 3. The number of rotatable bonds is 7. The molecule has 0 heterocycles. The van der Waals surface area contributed by atoms with Crippen molar-refractivity contribution in [3.8, 4) is 0 Å². The van der Waals surface area contributed by atoms with E-state index in [0.717, 1.165) is 11.1 Å². The molecule has 0 saturated heterocycles. The first-order valence-corrected chi connectivity index (χ1v) is 9.44. The average Bonchev–Trinajstić information content (AvgIpc) is 2.58. The van der Waals surface area contributed by atoms with Gasteiger partial charge in [0.15, 0.2) is 6.61 Å². The minimum Gasteiger partial charge on any atom is -0.452 e. The molecule has 148 valence electrons. The van der Waals surface area contributed by atoms with E-state index in [1.807, 2.05) is 25.2 Å². The van der Waals surface area contributed by atoms with E-state index in [2.05, 4.69) is 45.2 Å². The molecule has 1 rings (SSSR count). The van der Waals surface area contributed by atoms with Crippen molar-refractivity contribution in [3.05, 3.63) is 58.7 Å². The largest absolute Gasteiger partial charge is 0.452 e. The number of carbonyl (C=O) groups excluding carboxylic acids is 2. The maximum absolute atomic E-state index is 11.6.